The van der Waals surface area contributed by atoms with Crippen molar-refractivity contribution in [3.8, 4) is 0 Å². The monoisotopic (exact) mass is 356 g/mol. The highest BCUT2D eigenvalue weighted by Crippen LogP contribution is 2.29. The van der Waals surface area contributed by atoms with Gasteiger partial charge in [-0.25, -0.2) is 0 Å². The molecule has 0 unspecified atom stereocenters. The number of thiophene rings is 1. The molecule has 25 heavy (non-hydrogen) atoms. The molecule has 134 valence electrons. The average Bonchev–Trinajstić information content (AvgIpc) is 3.30. The van der Waals surface area contributed by atoms with Crippen LogP contribution in [0.2, 0.25) is 0 Å². The third-order valence-corrected chi connectivity index (χ3v) is 6.89. The van der Waals surface area contributed by atoms with Crippen LogP contribution in [0.1, 0.15) is 43.4 Å². The van der Waals surface area contributed by atoms with Crippen molar-refractivity contribution < 1.29 is 4.79 Å². The van der Waals surface area contributed by atoms with Gasteiger partial charge in [0, 0.05) is 35.6 Å². The maximum absolute atomic E-state index is 12.2. The lowest BCUT2D eigenvalue weighted by molar-refractivity contribution is -0.130. The fourth-order valence-corrected chi connectivity index (χ4v) is 5.33. The van der Waals surface area contributed by atoms with Crippen molar-refractivity contribution in [2.75, 3.05) is 26.2 Å². The number of nitrogens with zero attached hydrogens (tertiary/aromatic N) is 2. The number of benzene rings is 1. The van der Waals surface area contributed by atoms with Crippen LogP contribution in [0.15, 0.2) is 30.3 Å². The van der Waals surface area contributed by atoms with Gasteiger partial charge in [-0.05, 0) is 68.6 Å². The summed E-state index contributed by atoms with van der Waals surface area (Å²) in [7, 11) is 0. The second kappa shape index (κ2) is 7.88. The van der Waals surface area contributed by atoms with Crippen molar-refractivity contribution in [2.45, 2.75) is 45.1 Å². The summed E-state index contributed by atoms with van der Waals surface area (Å²) in [4.78, 5) is 18.3. The molecule has 0 radical (unpaired) electrons. The fourth-order valence-electron chi connectivity index (χ4n) is 4.22. The van der Waals surface area contributed by atoms with E-state index in [4.69, 9.17) is 0 Å². The lowest BCUT2D eigenvalue weighted by atomic mass is 9.92. The Morgan fingerprint density at radius 1 is 1.08 bits per heavy atom. The van der Waals surface area contributed by atoms with E-state index in [0.29, 0.717) is 5.91 Å². The second-order valence-electron chi connectivity index (χ2n) is 7.60. The van der Waals surface area contributed by atoms with Crippen LogP contribution in [0.4, 0.5) is 0 Å². The summed E-state index contributed by atoms with van der Waals surface area (Å²) in [5.41, 5.74) is 0. The number of rotatable bonds is 5. The molecule has 1 amide bonds. The first-order chi connectivity index (χ1) is 12.3. The number of likely N-dealkylation sites (tertiary alicyclic amines) is 2. The van der Waals surface area contributed by atoms with Gasteiger partial charge in [-0.1, -0.05) is 18.2 Å². The van der Waals surface area contributed by atoms with Gasteiger partial charge in [0.1, 0.15) is 0 Å². The molecule has 0 atom stereocenters. The molecule has 4 heteroatoms. The van der Waals surface area contributed by atoms with Crippen LogP contribution in [-0.2, 0) is 11.3 Å². The number of amides is 1. The normalized spacial score (nSPS) is 19.8. The lowest BCUT2D eigenvalue weighted by Crippen LogP contribution is -2.34. The predicted octanol–water partition coefficient (Wildman–Crippen LogP) is 4.52. The Kier molecular flexibility index (Phi) is 5.37. The van der Waals surface area contributed by atoms with Gasteiger partial charge in [0.2, 0.25) is 5.91 Å². The van der Waals surface area contributed by atoms with Gasteiger partial charge < -0.3 is 4.90 Å². The van der Waals surface area contributed by atoms with Gasteiger partial charge >= 0.3 is 0 Å². The molecule has 0 saturated carbocycles. The molecule has 3 nitrogen and oxygen atoms in total. The Labute approximate surface area is 154 Å². The number of fused-ring (bicyclic) bond motifs is 1. The van der Waals surface area contributed by atoms with Crippen LogP contribution in [0.5, 0.6) is 0 Å². The van der Waals surface area contributed by atoms with Crippen molar-refractivity contribution in [1.82, 2.24) is 9.80 Å². The first-order valence-electron chi connectivity index (χ1n) is 9.75. The molecule has 1 aromatic carbocycles. The molecule has 1 aromatic heterocycles. The Hall–Kier alpha value is -1.39. The first kappa shape index (κ1) is 17.0. The fraction of sp³-hybridized carbons (Fsp3) is 0.571. The highest BCUT2D eigenvalue weighted by atomic mass is 32.1. The predicted molar refractivity (Wildman–Crippen MR) is 105 cm³/mol. The molecule has 4 rings (SSSR count). The molecule has 2 saturated heterocycles. The summed E-state index contributed by atoms with van der Waals surface area (Å²) < 4.78 is 1.40. The van der Waals surface area contributed by atoms with Crippen LogP contribution < -0.4 is 0 Å². The van der Waals surface area contributed by atoms with E-state index in [9.17, 15) is 4.79 Å². The molecule has 0 N–H and O–H groups in total. The maximum Gasteiger partial charge on any atom is 0.222 e. The largest absolute Gasteiger partial charge is 0.343 e. The molecule has 2 aromatic rings. The smallest absolute Gasteiger partial charge is 0.222 e. The number of hydrogen-bond acceptors (Lipinski definition) is 3. The van der Waals surface area contributed by atoms with Crippen LogP contribution >= 0.6 is 11.3 Å². The Morgan fingerprint density at radius 2 is 1.84 bits per heavy atom. The summed E-state index contributed by atoms with van der Waals surface area (Å²) in [6.45, 7) is 5.42. The Balaban J connectivity index is 1.22. The molecule has 2 aliphatic rings. The van der Waals surface area contributed by atoms with Gasteiger partial charge in [-0.3, -0.25) is 9.69 Å². The standard InChI is InChI=1S/C21H28N2OS/c24-21(23-11-3-4-12-23)8-7-17-9-13-22(14-10-17)16-19-15-18-5-1-2-6-20(18)25-19/h1-2,5-6,15,17H,3-4,7-14,16H2. The van der Waals surface area contributed by atoms with Crippen molar-refractivity contribution in [1.29, 1.82) is 0 Å². The van der Waals surface area contributed by atoms with Crippen LogP contribution in [0, 0.1) is 5.92 Å². The van der Waals surface area contributed by atoms with Crippen LogP contribution in [-0.4, -0.2) is 41.9 Å². The topological polar surface area (TPSA) is 23.6 Å². The summed E-state index contributed by atoms with van der Waals surface area (Å²) in [5.74, 6) is 1.13. The average molecular weight is 357 g/mol. The van der Waals surface area contributed by atoms with Crippen molar-refractivity contribution in [2.24, 2.45) is 5.92 Å². The molecule has 2 aliphatic heterocycles. The SMILES string of the molecule is O=C(CCC1CCN(Cc2cc3ccccc3s2)CC1)N1CCCC1. The van der Waals surface area contributed by atoms with Crippen molar-refractivity contribution in [3.63, 3.8) is 0 Å². The quantitative estimate of drug-likeness (QED) is 0.786. The van der Waals surface area contributed by atoms with Crippen LogP contribution in [0.25, 0.3) is 10.1 Å². The maximum atomic E-state index is 12.2. The molecule has 0 bridgehead atoms. The molecular formula is C21H28N2OS. The minimum Gasteiger partial charge on any atom is -0.343 e. The summed E-state index contributed by atoms with van der Waals surface area (Å²) in [6, 6.07) is 11.0. The number of hydrogen-bond donors (Lipinski definition) is 0. The molecule has 3 heterocycles. The van der Waals surface area contributed by atoms with E-state index >= 15 is 0 Å². The zero-order valence-electron chi connectivity index (χ0n) is 15.0. The second-order valence-corrected chi connectivity index (χ2v) is 8.76. The van der Waals surface area contributed by atoms with E-state index in [1.807, 2.05) is 11.3 Å². The van der Waals surface area contributed by atoms with E-state index in [1.165, 1.54) is 53.7 Å². The highest BCUT2D eigenvalue weighted by Gasteiger charge is 2.23. The Bertz CT molecular complexity index is 679. The minimum atomic E-state index is 0.394. The zero-order chi connectivity index (χ0) is 17.1. The van der Waals surface area contributed by atoms with Gasteiger partial charge in [0.25, 0.3) is 0 Å². The van der Waals surface area contributed by atoms with Crippen molar-refractivity contribution >= 4 is 27.3 Å². The van der Waals surface area contributed by atoms with E-state index in [1.54, 1.807) is 0 Å². The minimum absolute atomic E-state index is 0.394. The van der Waals surface area contributed by atoms with Crippen LogP contribution in [0.3, 0.4) is 0 Å². The zero-order valence-corrected chi connectivity index (χ0v) is 15.8. The summed E-state index contributed by atoms with van der Waals surface area (Å²) in [6.07, 6.45) is 6.74. The van der Waals surface area contributed by atoms with E-state index in [2.05, 4.69) is 40.1 Å². The third-order valence-electron chi connectivity index (χ3n) is 5.79. The summed E-state index contributed by atoms with van der Waals surface area (Å²) in [5, 5.41) is 1.37. The van der Waals surface area contributed by atoms with E-state index in [0.717, 1.165) is 38.4 Å². The van der Waals surface area contributed by atoms with Gasteiger partial charge in [-0.15, -0.1) is 11.3 Å². The van der Waals surface area contributed by atoms with Crippen molar-refractivity contribution in [3.05, 3.63) is 35.2 Å². The highest BCUT2D eigenvalue weighted by molar-refractivity contribution is 7.19. The molecule has 0 aliphatic carbocycles. The van der Waals surface area contributed by atoms with E-state index in [-0.39, 0.29) is 0 Å². The molecular weight excluding hydrogens is 328 g/mol. The van der Waals surface area contributed by atoms with Gasteiger partial charge in [0.05, 0.1) is 0 Å². The summed E-state index contributed by atoms with van der Waals surface area (Å²) >= 11 is 1.93. The van der Waals surface area contributed by atoms with E-state index < -0.39 is 0 Å². The molecule has 0 spiro atoms. The van der Waals surface area contributed by atoms with Gasteiger partial charge in [0.15, 0.2) is 0 Å². The number of carbonyl (C=O) groups is 1. The third kappa shape index (κ3) is 4.24. The lowest BCUT2D eigenvalue weighted by Gasteiger charge is -2.31. The van der Waals surface area contributed by atoms with Gasteiger partial charge in [-0.2, -0.15) is 0 Å². The number of carbonyl (C=O) groups excluding carboxylic acids is 1. The molecule has 2 fully saturated rings. The first-order valence-corrected chi connectivity index (χ1v) is 10.6. The Morgan fingerprint density at radius 3 is 2.60 bits per heavy atom. The number of piperidine rings is 1.